The molecule has 108 valence electrons. The molecule has 1 atom stereocenters. The molecule has 0 radical (unpaired) electrons. The Morgan fingerprint density at radius 2 is 1.84 bits per heavy atom. The normalized spacial score (nSPS) is 13.7. The molecule has 0 aliphatic heterocycles. The SMILES string of the molecule is CC(C)C(COCc1ccc(Cl)cc1)CS(N)(=O)=O. The number of halogens is 1. The predicted molar refractivity (Wildman–Crippen MR) is 77.4 cm³/mol. The first-order valence-corrected chi connectivity index (χ1v) is 8.20. The fraction of sp³-hybridized carbons (Fsp3) is 0.538. The number of primary sulfonamides is 1. The van der Waals surface area contributed by atoms with E-state index in [2.05, 4.69) is 0 Å². The summed E-state index contributed by atoms with van der Waals surface area (Å²) in [5, 5.41) is 5.75. The summed E-state index contributed by atoms with van der Waals surface area (Å²) in [6.45, 7) is 4.73. The molecule has 1 rings (SSSR count). The minimum atomic E-state index is -3.47. The van der Waals surface area contributed by atoms with E-state index < -0.39 is 10.0 Å². The molecular weight excluding hydrogens is 286 g/mol. The first-order chi connectivity index (χ1) is 8.78. The summed E-state index contributed by atoms with van der Waals surface area (Å²) >= 11 is 5.79. The molecular formula is C13H20ClNO3S. The van der Waals surface area contributed by atoms with E-state index >= 15 is 0 Å². The number of nitrogens with two attached hydrogens (primary N) is 1. The highest BCUT2D eigenvalue weighted by atomic mass is 35.5. The van der Waals surface area contributed by atoms with Crippen molar-refractivity contribution in [2.24, 2.45) is 17.0 Å². The molecule has 0 heterocycles. The third kappa shape index (κ3) is 6.92. The Balaban J connectivity index is 2.46. The molecule has 0 aliphatic rings. The molecule has 4 nitrogen and oxygen atoms in total. The van der Waals surface area contributed by atoms with Crippen molar-refractivity contribution in [1.82, 2.24) is 0 Å². The van der Waals surface area contributed by atoms with Crippen LogP contribution >= 0.6 is 11.6 Å². The number of ether oxygens (including phenoxy) is 1. The second-order valence-electron chi connectivity index (χ2n) is 4.98. The highest BCUT2D eigenvalue weighted by Gasteiger charge is 2.19. The highest BCUT2D eigenvalue weighted by Crippen LogP contribution is 2.15. The highest BCUT2D eigenvalue weighted by molar-refractivity contribution is 7.89. The molecule has 2 N–H and O–H groups in total. The maximum absolute atomic E-state index is 11.1. The van der Waals surface area contributed by atoms with E-state index in [9.17, 15) is 8.42 Å². The summed E-state index contributed by atoms with van der Waals surface area (Å²) in [5.74, 6) is 0.0523. The van der Waals surface area contributed by atoms with E-state index in [1.165, 1.54) is 0 Å². The second kappa shape index (κ2) is 7.24. The van der Waals surface area contributed by atoms with Crippen molar-refractivity contribution in [1.29, 1.82) is 0 Å². The first kappa shape index (κ1) is 16.4. The zero-order valence-electron chi connectivity index (χ0n) is 11.2. The van der Waals surface area contributed by atoms with Gasteiger partial charge in [0.05, 0.1) is 19.0 Å². The Morgan fingerprint density at radius 1 is 1.26 bits per heavy atom. The third-order valence-corrected chi connectivity index (χ3v) is 4.05. The van der Waals surface area contributed by atoms with Gasteiger partial charge in [-0.2, -0.15) is 0 Å². The van der Waals surface area contributed by atoms with Crippen molar-refractivity contribution in [2.75, 3.05) is 12.4 Å². The molecule has 0 saturated carbocycles. The summed E-state index contributed by atoms with van der Waals surface area (Å²) in [5.41, 5.74) is 1.00. The van der Waals surface area contributed by atoms with Crippen LogP contribution in [0.2, 0.25) is 5.02 Å². The van der Waals surface area contributed by atoms with Crippen molar-refractivity contribution in [3.8, 4) is 0 Å². The van der Waals surface area contributed by atoms with E-state index in [1.807, 2.05) is 26.0 Å². The summed E-state index contributed by atoms with van der Waals surface area (Å²) < 4.78 is 27.8. The molecule has 0 fully saturated rings. The quantitative estimate of drug-likeness (QED) is 0.841. The van der Waals surface area contributed by atoms with Gasteiger partial charge in [0, 0.05) is 5.02 Å². The van der Waals surface area contributed by atoms with Crippen LogP contribution in [0.25, 0.3) is 0 Å². The molecule has 0 saturated heterocycles. The summed E-state index contributed by atoms with van der Waals surface area (Å²) in [6, 6.07) is 7.35. The lowest BCUT2D eigenvalue weighted by Crippen LogP contribution is -2.29. The largest absolute Gasteiger partial charge is 0.376 e. The van der Waals surface area contributed by atoms with E-state index in [-0.39, 0.29) is 17.6 Å². The molecule has 0 amide bonds. The molecule has 1 unspecified atom stereocenters. The zero-order chi connectivity index (χ0) is 14.5. The smallest absolute Gasteiger partial charge is 0.209 e. The molecule has 1 aromatic rings. The molecule has 0 spiro atoms. The van der Waals surface area contributed by atoms with Gasteiger partial charge in [-0.3, -0.25) is 0 Å². The van der Waals surface area contributed by atoms with Crippen LogP contribution in [0.15, 0.2) is 24.3 Å². The Hall–Kier alpha value is -0.620. The number of benzene rings is 1. The number of hydrogen-bond donors (Lipinski definition) is 1. The van der Waals surface area contributed by atoms with Gasteiger partial charge in [-0.05, 0) is 29.5 Å². The monoisotopic (exact) mass is 305 g/mol. The maximum atomic E-state index is 11.1. The van der Waals surface area contributed by atoms with Crippen LogP contribution in [0.1, 0.15) is 19.4 Å². The van der Waals surface area contributed by atoms with Gasteiger partial charge in [-0.1, -0.05) is 37.6 Å². The van der Waals surface area contributed by atoms with Gasteiger partial charge in [0.25, 0.3) is 0 Å². The average Bonchev–Trinajstić information content (AvgIpc) is 2.28. The van der Waals surface area contributed by atoms with Crippen LogP contribution in [0.5, 0.6) is 0 Å². The van der Waals surface area contributed by atoms with Gasteiger partial charge in [-0.25, -0.2) is 13.6 Å². The van der Waals surface area contributed by atoms with Crippen LogP contribution in [0.4, 0.5) is 0 Å². The van der Waals surface area contributed by atoms with Crippen molar-refractivity contribution >= 4 is 21.6 Å². The van der Waals surface area contributed by atoms with Crippen LogP contribution in [-0.4, -0.2) is 20.8 Å². The second-order valence-corrected chi connectivity index (χ2v) is 7.07. The van der Waals surface area contributed by atoms with Crippen LogP contribution in [0, 0.1) is 11.8 Å². The Bertz CT molecular complexity index is 485. The molecule has 1 aromatic carbocycles. The average molecular weight is 306 g/mol. The van der Waals surface area contributed by atoms with Gasteiger partial charge in [0.1, 0.15) is 0 Å². The fourth-order valence-electron chi connectivity index (χ4n) is 1.64. The van der Waals surface area contributed by atoms with Gasteiger partial charge >= 0.3 is 0 Å². The summed E-state index contributed by atoms with van der Waals surface area (Å²) in [7, 11) is -3.47. The standard InChI is InChI=1S/C13H20ClNO3S/c1-10(2)12(9-19(15,16)17)8-18-7-11-3-5-13(14)6-4-11/h3-6,10,12H,7-9H2,1-2H3,(H2,15,16,17). The molecule has 6 heteroatoms. The van der Waals surface area contributed by atoms with Gasteiger partial charge in [-0.15, -0.1) is 0 Å². The summed E-state index contributed by atoms with van der Waals surface area (Å²) in [6.07, 6.45) is 0. The fourth-order valence-corrected chi connectivity index (χ4v) is 2.84. The lowest BCUT2D eigenvalue weighted by Gasteiger charge is -2.19. The van der Waals surface area contributed by atoms with Crippen LogP contribution in [0.3, 0.4) is 0 Å². The Morgan fingerprint density at radius 3 is 2.32 bits per heavy atom. The molecule has 0 bridgehead atoms. The lowest BCUT2D eigenvalue weighted by molar-refractivity contribution is 0.0790. The van der Waals surface area contributed by atoms with E-state index in [1.54, 1.807) is 12.1 Å². The third-order valence-electron chi connectivity index (χ3n) is 2.90. The van der Waals surface area contributed by atoms with E-state index in [0.29, 0.717) is 18.2 Å². The van der Waals surface area contributed by atoms with Crippen molar-refractivity contribution in [3.63, 3.8) is 0 Å². The predicted octanol–water partition coefficient (Wildman–Crippen LogP) is 2.42. The maximum Gasteiger partial charge on any atom is 0.209 e. The minimum Gasteiger partial charge on any atom is -0.376 e. The van der Waals surface area contributed by atoms with Gasteiger partial charge in [0.2, 0.25) is 10.0 Å². The topological polar surface area (TPSA) is 69.4 Å². The zero-order valence-corrected chi connectivity index (χ0v) is 12.7. The van der Waals surface area contributed by atoms with E-state index in [0.717, 1.165) is 5.56 Å². The van der Waals surface area contributed by atoms with Crippen molar-refractivity contribution in [3.05, 3.63) is 34.9 Å². The van der Waals surface area contributed by atoms with Gasteiger partial charge in [0.15, 0.2) is 0 Å². The van der Waals surface area contributed by atoms with E-state index in [4.69, 9.17) is 21.5 Å². The number of hydrogen-bond acceptors (Lipinski definition) is 3. The summed E-state index contributed by atoms with van der Waals surface area (Å²) in [4.78, 5) is 0. The van der Waals surface area contributed by atoms with Crippen LogP contribution in [-0.2, 0) is 21.4 Å². The van der Waals surface area contributed by atoms with Crippen LogP contribution < -0.4 is 5.14 Å². The lowest BCUT2D eigenvalue weighted by atomic mass is 9.99. The van der Waals surface area contributed by atoms with Crippen molar-refractivity contribution < 1.29 is 13.2 Å². The Labute approximate surface area is 120 Å². The Kier molecular flexibility index (Phi) is 6.26. The molecule has 0 aliphatic carbocycles. The molecule has 0 aromatic heterocycles. The van der Waals surface area contributed by atoms with Crippen molar-refractivity contribution in [2.45, 2.75) is 20.5 Å². The van der Waals surface area contributed by atoms with Gasteiger partial charge < -0.3 is 4.74 Å². The number of rotatable bonds is 7. The first-order valence-electron chi connectivity index (χ1n) is 6.10. The minimum absolute atomic E-state index is 0.0503. The molecule has 19 heavy (non-hydrogen) atoms. The number of sulfonamides is 1.